The highest BCUT2D eigenvalue weighted by Crippen LogP contribution is 2.38. The van der Waals surface area contributed by atoms with Crippen LogP contribution < -0.4 is 0 Å². The summed E-state index contributed by atoms with van der Waals surface area (Å²) < 4.78 is 21.3. The molecule has 7 heteroatoms. The van der Waals surface area contributed by atoms with Crippen molar-refractivity contribution < 1.29 is 28.1 Å². The molecule has 0 amide bonds. The highest BCUT2D eigenvalue weighted by Gasteiger charge is 2.26. The van der Waals surface area contributed by atoms with Crippen molar-refractivity contribution in [3.63, 3.8) is 0 Å². The maximum atomic E-state index is 10.8. The second kappa shape index (κ2) is 7.26. The standard InChI is InChI=1S/C10H22NO5P/c1-5-7-15-8-6-10(9-11(2,3)4)16-17(12,13)14/h5,10H,1,6-9H2,2-4H3,(H-,12,13,14)/p+1. The molecule has 0 radical (unpaired) electrons. The minimum atomic E-state index is -4.45. The molecule has 1 atom stereocenters. The molecule has 0 aliphatic rings. The third-order valence-corrected chi connectivity index (χ3v) is 2.43. The maximum absolute atomic E-state index is 10.8. The minimum absolute atomic E-state index is 0.386. The van der Waals surface area contributed by atoms with Gasteiger partial charge in [0.1, 0.15) is 12.6 Å². The molecule has 0 aromatic rings. The number of ether oxygens (including phenoxy) is 1. The molecule has 0 rings (SSSR count). The van der Waals surface area contributed by atoms with Crippen molar-refractivity contribution in [1.29, 1.82) is 0 Å². The van der Waals surface area contributed by atoms with Crippen molar-refractivity contribution in [2.75, 3.05) is 40.9 Å². The average molecular weight is 268 g/mol. The summed E-state index contributed by atoms with van der Waals surface area (Å²) in [4.78, 5) is 17.6. The van der Waals surface area contributed by atoms with E-state index in [2.05, 4.69) is 6.58 Å². The molecular formula is C10H23NO5P+. The van der Waals surface area contributed by atoms with Crippen molar-refractivity contribution in [3.8, 4) is 0 Å². The monoisotopic (exact) mass is 268 g/mol. The van der Waals surface area contributed by atoms with Crippen molar-refractivity contribution in [2.24, 2.45) is 0 Å². The molecule has 0 bridgehead atoms. The lowest BCUT2D eigenvalue weighted by Crippen LogP contribution is -2.42. The summed E-state index contributed by atoms with van der Waals surface area (Å²) in [5.74, 6) is 0. The first-order valence-corrected chi connectivity index (χ1v) is 6.90. The van der Waals surface area contributed by atoms with Crippen LogP contribution in [0.1, 0.15) is 6.42 Å². The average Bonchev–Trinajstić information content (AvgIpc) is 2.06. The lowest BCUT2D eigenvalue weighted by molar-refractivity contribution is -0.873. The van der Waals surface area contributed by atoms with Crippen LogP contribution in [0.5, 0.6) is 0 Å². The Balaban J connectivity index is 4.21. The lowest BCUT2D eigenvalue weighted by atomic mass is 10.2. The fourth-order valence-electron chi connectivity index (χ4n) is 1.36. The Bertz CT molecular complexity index is 270. The summed E-state index contributed by atoms with van der Waals surface area (Å²) in [6.07, 6.45) is 1.54. The molecular weight excluding hydrogens is 245 g/mol. The van der Waals surface area contributed by atoms with Crippen LogP contribution in [-0.2, 0) is 13.8 Å². The first kappa shape index (κ1) is 16.8. The fraction of sp³-hybridized carbons (Fsp3) is 0.800. The number of likely N-dealkylation sites (N-methyl/N-ethyl adjacent to an activating group) is 1. The van der Waals surface area contributed by atoms with E-state index in [4.69, 9.17) is 19.0 Å². The molecule has 0 spiro atoms. The highest BCUT2D eigenvalue weighted by molar-refractivity contribution is 7.46. The van der Waals surface area contributed by atoms with Crippen molar-refractivity contribution in [2.45, 2.75) is 12.5 Å². The first-order chi connectivity index (χ1) is 7.64. The third-order valence-electron chi connectivity index (χ3n) is 1.86. The van der Waals surface area contributed by atoms with Crippen LogP contribution in [0.15, 0.2) is 12.7 Å². The van der Waals surface area contributed by atoms with E-state index >= 15 is 0 Å². The van der Waals surface area contributed by atoms with Crippen LogP contribution in [0.25, 0.3) is 0 Å². The van der Waals surface area contributed by atoms with Gasteiger partial charge in [0.05, 0.1) is 27.7 Å². The molecule has 0 heterocycles. The molecule has 17 heavy (non-hydrogen) atoms. The normalized spacial score (nSPS) is 14.6. The van der Waals surface area contributed by atoms with Gasteiger partial charge in [0, 0.05) is 13.0 Å². The fourth-order valence-corrected chi connectivity index (χ4v) is 1.92. The van der Waals surface area contributed by atoms with E-state index in [0.717, 1.165) is 0 Å². The van der Waals surface area contributed by atoms with Gasteiger partial charge in [-0.1, -0.05) is 6.08 Å². The zero-order chi connectivity index (χ0) is 13.5. The predicted octanol–water partition coefficient (Wildman–Crippen LogP) is 0.763. The number of phosphoric acid groups is 1. The second-order valence-electron chi connectivity index (χ2n) is 4.84. The SMILES string of the molecule is C=CCOCCC(C[N+](C)(C)C)OP(=O)(O)O. The predicted molar refractivity (Wildman–Crippen MR) is 65.4 cm³/mol. The third kappa shape index (κ3) is 12.0. The molecule has 2 N–H and O–H groups in total. The van der Waals surface area contributed by atoms with Crippen LogP contribution in [0, 0.1) is 0 Å². The van der Waals surface area contributed by atoms with Crippen LogP contribution in [0.4, 0.5) is 0 Å². The minimum Gasteiger partial charge on any atom is -0.377 e. The molecule has 0 aliphatic carbocycles. The lowest BCUT2D eigenvalue weighted by Gasteiger charge is -2.29. The Kier molecular flexibility index (Phi) is 7.16. The molecule has 0 saturated heterocycles. The number of nitrogens with zero attached hydrogens (tertiary/aromatic N) is 1. The number of hydrogen-bond acceptors (Lipinski definition) is 3. The van der Waals surface area contributed by atoms with Gasteiger partial charge in [0.15, 0.2) is 0 Å². The molecule has 0 aromatic heterocycles. The van der Waals surface area contributed by atoms with Gasteiger partial charge in [-0.05, 0) is 0 Å². The summed E-state index contributed by atoms with van der Waals surface area (Å²) >= 11 is 0. The quantitative estimate of drug-likeness (QED) is 0.279. The van der Waals surface area contributed by atoms with E-state index in [-0.39, 0.29) is 0 Å². The Hall–Kier alpha value is -0.230. The van der Waals surface area contributed by atoms with Gasteiger partial charge in [-0.2, -0.15) is 0 Å². The molecule has 0 aromatic carbocycles. The number of hydrogen-bond donors (Lipinski definition) is 2. The Morgan fingerprint density at radius 1 is 1.41 bits per heavy atom. The summed E-state index contributed by atoms with van der Waals surface area (Å²) in [6, 6.07) is 0. The van der Waals surface area contributed by atoms with Gasteiger partial charge < -0.3 is 19.0 Å². The van der Waals surface area contributed by atoms with E-state index in [0.29, 0.717) is 30.7 Å². The molecule has 0 saturated carbocycles. The molecule has 102 valence electrons. The molecule has 1 unspecified atom stereocenters. The zero-order valence-corrected chi connectivity index (χ0v) is 11.6. The first-order valence-electron chi connectivity index (χ1n) is 5.37. The van der Waals surface area contributed by atoms with Gasteiger partial charge in [0.25, 0.3) is 0 Å². The van der Waals surface area contributed by atoms with Crippen LogP contribution in [-0.4, -0.2) is 61.3 Å². The van der Waals surface area contributed by atoms with E-state index in [1.165, 1.54) is 0 Å². The van der Waals surface area contributed by atoms with Crippen LogP contribution in [0.2, 0.25) is 0 Å². The summed E-state index contributed by atoms with van der Waals surface area (Å²) in [5.41, 5.74) is 0. The van der Waals surface area contributed by atoms with Crippen LogP contribution >= 0.6 is 7.82 Å². The van der Waals surface area contributed by atoms with Crippen molar-refractivity contribution >= 4 is 7.82 Å². The van der Waals surface area contributed by atoms with Gasteiger partial charge in [-0.25, -0.2) is 4.57 Å². The Morgan fingerprint density at radius 3 is 2.41 bits per heavy atom. The van der Waals surface area contributed by atoms with Gasteiger partial charge in [-0.15, -0.1) is 6.58 Å². The summed E-state index contributed by atoms with van der Waals surface area (Å²) in [5, 5.41) is 0. The van der Waals surface area contributed by atoms with Gasteiger partial charge >= 0.3 is 7.82 Å². The summed E-state index contributed by atoms with van der Waals surface area (Å²) in [7, 11) is 1.34. The number of quaternary nitrogens is 1. The smallest absolute Gasteiger partial charge is 0.377 e. The van der Waals surface area contributed by atoms with Crippen molar-refractivity contribution in [1.82, 2.24) is 0 Å². The molecule has 0 fully saturated rings. The zero-order valence-electron chi connectivity index (χ0n) is 10.7. The van der Waals surface area contributed by atoms with E-state index in [1.54, 1.807) is 6.08 Å². The topological polar surface area (TPSA) is 76.0 Å². The van der Waals surface area contributed by atoms with E-state index in [1.807, 2.05) is 21.1 Å². The summed E-state index contributed by atoms with van der Waals surface area (Å²) in [6.45, 7) is 4.82. The largest absolute Gasteiger partial charge is 0.470 e. The highest BCUT2D eigenvalue weighted by atomic mass is 31.2. The number of rotatable bonds is 9. The van der Waals surface area contributed by atoms with E-state index < -0.39 is 13.9 Å². The van der Waals surface area contributed by atoms with Crippen molar-refractivity contribution in [3.05, 3.63) is 12.7 Å². The maximum Gasteiger partial charge on any atom is 0.470 e. The molecule has 0 aliphatic heterocycles. The Morgan fingerprint density at radius 2 is 2.00 bits per heavy atom. The molecule has 6 nitrogen and oxygen atoms in total. The van der Waals surface area contributed by atoms with Gasteiger partial charge in [0.2, 0.25) is 0 Å². The van der Waals surface area contributed by atoms with Gasteiger partial charge in [-0.3, -0.25) is 4.52 Å². The second-order valence-corrected chi connectivity index (χ2v) is 6.04. The van der Waals surface area contributed by atoms with E-state index in [9.17, 15) is 4.57 Å². The number of phosphoric ester groups is 1. The Labute approximate surface area is 103 Å². The van der Waals surface area contributed by atoms with Crippen LogP contribution in [0.3, 0.4) is 0 Å².